The molecule has 1 saturated heterocycles. The van der Waals surface area contributed by atoms with Crippen LogP contribution in [0, 0.1) is 0 Å². The molecule has 2 aliphatic rings. The van der Waals surface area contributed by atoms with Crippen LogP contribution in [0.4, 0.5) is 10.5 Å². The molecule has 4 heteroatoms. The molecule has 2 amide bonds. The Labute approximate surface area is 152 Å². The fourth-order valence-electron chi connectivity index (χ4n) is 3.93. The van der Waals surface area contributed by atoms with Crippen LogP contribution in [0.2, 0.25) is 0 Å². The molecule has 1 aliphatic carbocycles. The maximum absolute atomic E-state index is 12.5. The van der Waals surface area contributed by atoms with Gasteiger partial charge in [-0.1, -0.05) is 51.7 Å². The summed E-state index contributed by atoms with van der Waals surface area (Å²) in [6, 6.07) is 9.42. The monoisotopic (exact) mass is 343 g/mol. The topological polar surface area (TPSA) is 35.6 Å². The van der Waals surface area contributed by atoms with Gasteiger partial charge in [0.1, 0.15) is 0 Å². The average Bonchev–Trinajstić information content (AvgIpc) is 2.90. The van der Waals surface area contributed by atoms with E-state index in [1.54, 1.807) is 0 Å². The summed E-state index contributed by atoms with van der Waals surface area (Å²) < 4.78 is 0. The van der Waals surface area contributed by atoms with E-state index in [2.05, 4.69) is 48.3 Å². The molecule has 1 N–H and O–H groups in total. The van der Waals surface area contributed by atoms with Gasteiger partial charge in [0.15, 0.2) is 0 Å². The standard InChI is InChI=1S/C21H33N3O/c1-17(2)18-9-11-20(12-10-18)23-13-15-24(16-14-23)21(25)22-19-7-5-3-4-6-8-19/h9-12,17,19H,3-8,13-16H2,1-2H3,(H,22,25). The number of anilines is 1. The Morgan fingerprint density at radius 2 is 1.56 bits per heavy atom. The van der Waals surface area contributed by atoms with Gasteiger partial charge in [0.25, 0.3) is 0 Å². The third-order valence-corrected chi connectivity index (χ3v) is 5.67. The Kier molecular flexibility index (Phi) is 6.22. The Hall–Kier alpha value is -1.71. The van der Waals surface area contributed by atoms with E-state index in [1.807, 2.05) is 4.90 Å². The molecular formula is C21H33N3O. The smallest absolute Gasteiger partial charge is 0.317 e. The molecule has 0 aromatic heterocycles. The van der Waals surface area contributed by atoms with Gasteiger partial charge >= 0.3 is 6.03 Å². The molecule has 1 aliphatic heterocycles. The van der Waals surface area contributed by atoms with Crippen LogP contribution >= 0.6 is 0 Å². The Morgan fingerprint density at radius 1 is 0.960 bits per heavy atom. The molecule has 1 saturated carbocycles. The average molecular weight is 344 g/mol. The molecule has 0 unspecified atom stereocenters. The maximum Gasteiger partial charge on any atom is 0.317 e. The number of urea groups is 1. The molecule has 0 bridgehead atoms. The minimum absolute atomic E-state index is 0.140. The summed E-state index contributed by atoms with van der Waals surface area (Å²) in [5.74, 6) is 0.568. The van der Waals surface area contributed by atoms with E-state index in [9.17, 15) is 4.79 Å². The third kappa shape index (κ3) is 4.90. The predicted molar refractivity (Wildman–Crippen MR) is 104 cm³/mol. The zero-order chi connectivity index (χ0) is 17.6. The number of rotatable bonds is 3. The van der Waals surface area contributed by atoms with E-state index in [0.29, 0.717) is 12.0 Å². The Morgan fingerprint density at radius 3 is 2.12 bits per heavy atom. The van der Waals surface area contributed by atoms with Gasteiger partial charge in [0.2, 0.25) is 0 Å². The van der Waals surface area contributed by atoms with Gasteiger partial charge in [-0.05, 0) is 36.5 Å². The molecule has 3 rings (SSSR count). The Balaban J connectivity index is 1.48. The van der Waals surface area contributed by atoms with Crippen LogP contribution < -0.4 is 10.2 Å². The van der Waals surface area contributed by atoms with Crippen molar-refractivity contribution in [2.45, 2.75) is 64.3 Å². The largest absolute Gasteiger partial charge is 0.368 e. The summed E-state index contributed by atoms with van der Waals surface area (Å²) in [4.78, 5) is 16.9. The van der Waals surface area contributed by atoms with Crippen LogP contribution in [0.15, 0.2) is 24.3 Å². The quantitative estimate of drug-likeness (QED) is 0.828. The van der Waals surface area contributed by atoms with Gasteiger partial charge in [-0.15, -0.1) is 0 Å². The van der Waals surface area contributed by atoms with Gasteiger partial charge in [-0.2, -0.15) is 0 Å². The van der Waals surface area contributed by atoms with Crippen molar-refractivity contribution in [2.75, 3.05) is 31.1 Å². The third-order valence-electron chi connectivity index (χ3n) is 5.67. The summed E-state index contributed by atoms with van der Waals surface area (Å²) in [7, 11) is 0. The molecule has 1 aromatic carbocycles. The molecule has 2 fully saturated rings. The van der Waals surface area contributed by atoms with E-state index in [0.717, 1.165) is 39.0 Å². The summed E-state index contributed by atoms with van der Waals surface area (Å²) >= 11 is 0. The van der Waals surface area contributed by atoms with Gasteiger partial charge in [-0.3, -0.25) is 0 Å². The second kappa shape index (κ2) is 8.59. The van der Waals surface area contributed by atoms with E-state index in [4.69, 9.17) is 0 Å². The number of benzene rings is 1. The maximum atomic E-state index is 12.5. The van der Waals surface area contributed by atoms with Crippen molar-refractivity contribution < 1.29 is 4.79 Å². The van der Waals surface area contributed by atoms with Crippen LogP contribution in [0.1, 0.15) is 63.9 Å². The zero-order valence-electron chi connectivity index (χ0n) is 15.8. The normalized spacial score (nSPS) is 19.8. The number of hydrogen-bond donors (Lipinski definition) is 1. The minimum atomic E-state index is 0.140. The van der Waals surface area contributed by atoms with E-state index >= 15 is 0 Å². The van der Waals surface area contributed by atoms with Crippen molar-refractivity contribution in [1.29, 1.82) is 0 Å². The second-order valence-corrected chi connectivity index (χ2v) is 7.86. The lowest BCUT2D eigenvalue weighted by molar-refractivity contribution is 0.189. The summed E-state index contributed by atoms with van der Waals surface area (Å²) in [6.07, 6.45) is 7.44. The van der Waals surface area contributed by atoms with Crippen molar-refractivity contribution in [1.82, 2.24) is 10.2 Å². The van der Waals surface area contributed by atoms with E-state index in [-0.39, 0.29) is 6.03 Å². The molecule has 1 heterocycles. The predicted octanol–water partition coefficient (Wildman–Crippen LogP) is 4.36. The molecule has 0 spiro atoms. The summed E-state index contributed by atoms with van der Waals surface area (Å²) in [5, 5.41) is 3.27. The van der Waals surface area contributed by atoms with Crippen molar-refractivity contribution in [3.8, 4) is 0 Å². The fourth-order valence-corrected chi connectivity index (χ4v) is 3.93. The molecule has 4 nitrogen and oxygen atoms in total. The number of carbonyl (C=O) groups excluding carboxylic acids is 1. The highest BCUT2D eigenvalue weighted by atomic mass is 16.2. The van der Waals surface area contributed by atoms with Crippen LogP contribution in [0.25, 0.3) is 0 Å². The lowest BCUT2D eigenvalue weighted by atomic mass is 10.0. The first kappa shape index (κ1) is 18.1. The SMILES string of the molecule is CC(C)c1ccc(N2CCN(C(=O)NC3CCCCCC3)CC2)cc1. The highest BCUT2D eigenvalue weighted by Gasteiger charge is 2.23. The molecule has 25 heavy (non-hydrogen) atoms. The first-order valence-corrected chi connectivity index (χ1v) is 10.0. The van der Waals surface area contributed by atoms with Gasteiger partial charge in [-0.25, -0.2) is 4.79 Å². The van der Waals surface area contributed by atoms with Crippen molar-refractivity contribution >= 4 is 11.7 Å². The van der Waals surface area contributed by atoms with Crippen LogP contribution in [-0.2, 0) is 0 Å². The lowest BCUT2D eigenvalue weighted by Gasteiger charge is -2.36. The number of nitrogens with zero attached hydrogens (tertiary/aromatic N) is 2. The zero-order valence-corrected chi connectivity index (χ0v) is 15.8. The fraction of sp³-hybridized carbons (Fsp3) is 0.667. The van der Waals surface area contributed by atoms with Crippen LogP contribution in [0.5, 0.6) is 0 Å². The first-order valence-electron chi connectivity index (χ1n) is 10.0. The summed E-state index contributed by atoms with van der Waals surface area (Å²) in [6.45, 7) is 7.90. The van der Waals surface area contributed by atoms with E-state index in [1.165, 1.54) is 36.9 Å². The molecule has 0 atom stereocenters. The number of amides is 2. The van der Waals surface area contributed by atoms with Gasteiger partial charge in [0.05, 0.1) is 0 Å². The van der Waals surface area contributed by atoms with E-state index < -0.39 is 0 Å². The molecule has 1 aromatic rings. The van der Waals surface area contributed by atoms with Gasteiger partial charge < -0.3 is 15.1 Å². The molecular weight excluding hydrogens is 310 g/mol. The first-order chi connectivity index (χ1) is 12.1. The summed E-state index contributed by atoms with van der Waals surface area (Å²) in [5.41, 5.74) is 2.65. The van der Waals surface area contributed by atoms with Crippen molar-refractivity contribution in [2.24, 2.45) is 0 Å². The number of hydrogen-bond acceptors (Lipinski definition) is 2. The number of nitrogens with one attached hydrogen (secondary N) is 1. The van der Waals surface area contributed by atoms with Crippen LogP contribution in [0.3, 0.4) is 0 Å². The minimum Gasteiger partial charge on any atom is -0.368 e. The Bertz CT molecular complexity index is 539. The number of carbonyl (C=O) groups is 1. The molecule has 138 valence electrons. The highest BCUT2D eigenvalue weighted by molar-refractivity contribution is 5.75. The lowest BCUT2D eigenvalue weighted by Crippen LogP contribution is -2.53. The highest BCUT2D eigenvalue weighted by Crippen LogP contribution is 2.22. The second-order valence-electron chi connectivity index (χ2n) is 7.86. The molecule has 0 radical (unpaired) electrons. The number of piperazine rings is 1. The van der Waals surface area contributed by atoms with Crippen LogP contribution in [-0.4, -0.2) is 43.2 Å². The van der Waals surface area contributed by atoms with Crippen molar-refractivity contribution in [3.63, 3.8) is 0 Å². The van der Waals surface area contributed by atoms with Gasteiger partial charge in [0, 0.05) is 37.9 Å². The van der Waals surface area contributed by atoms with Crippen molar-refractivity contribution in [3.05, 3.63) is 29.8 Å².